The van der Waals surface area contributed by atoms with Gasteiger partial charge in [0.2, 0.25) is 0 Å². The number of hydrogen-bond acceptors (Lipinski definition) is 2. The van der Waals surface area contributed by atoms with Crippen LogP contribution in [0.3, 0.4) is 0 Å². The summed E-state index contributed by atoms with van der Waals surface area (Å²) in [6.45, 7) is 0. The van der Waals surface area contributed by atoms with Crippen LogP contribution in [0.15, 0.2) is 24.3 Å². The molecular formula is C10H8F3NO. The Balaban J connectivity index is 3.22. The second kappa shape index (κ2) is 4.32. The van der Waals surface area contributed by atoms with Crippen LogP contribution in [0.1, 0.15) is 12.0 Å². The van der Waals surface area contributed by atoms with Crippen LogP contribution < -0.4 is 0 Å². The smallest absolute Gasteiger partial charge is 0.272 e. The van der Waals surface area contributed by atoms with Crippen LogP contribution in [-0.2, 0) is 5.60 Å². The molecule has 0 aromatic heterocycles. The van der Waals surface area contributed by atoms with Gasteiger partial charge in [0.25, 0.3) is 6.43 Å². The Kier molecular flexibility index (Phi) is 3.32. The molecule has 1 N–H and O–H groups in total. The van der Waals surface area contributed by atoms with E-state index in [1.165, 1.54) is 18.2 Å². The minimum absolute atomic E-state index is 0.554. The monoisotopic (exact) mass is 215 g/mol. The van der Waals surface area contributed by atoms with Gasteiger partial charge < -0.3 is 5.11 Å². The number of aliphatic hydroxyl groups is 1. The van der Waals surface area contributed by atoms with Gasteiger partial charge in [-0.15, -0.1) is 0 Å². The molecule has 0 aliphatic rings. The second-order valence-electron chi connectivity index (χ2n) is 3.04. The first kappa shape index (κ1) is 11.5. The van der Waals surface area contributed by atoms with Gasteiger partial charge in [-0.2, -0.15) is 5.26 Å². The highest BCUT2D eigenvalue weighted by Crippen LogP contribution is 2.33. The highest BCUT2D eigenvalue weighted by Gasteiger charge is 2.41. The lowest BCUT2D eigenvalue weighted by atomic mass is 9.91. The third-order valence-corrected chi connectivity index (χ3v) is 2.05. The summed E-state index contributed by atoms with van der Waals surface area (Å²) in [5.41, 5.74) is -3.29. The molecule has 0 spiro atoms. The molecule has 0 aliphatic carbocycles. The van der Waals surface area contributed by atoms with Gasteiger partial charge in [0.05, 0.1) is 12.5 Å². The van der Waals surface area contributed by atoms with Crippen molar-refractivity contribution in [2.24, 2.45) is 0 Å². The van der Waals surface area contributed by atoms with E-state index >= 15 is 0 Å². The van der Waals surface area contributed by atoms with Gasteiger partial charge in [0.1, 0.15) is 5.82 Å². The largest absolute Gasteiger partial charge is 0.378 e. The normalized spacial score (nSPS) is 14.7. The fourth-order valence-corrected chi connectivity index (χ4v) is 1.22. The van der Waals surface area contributed by atoms with Gasteiger partial charge in [-0.1, -0.05) is 18.2 Å². The minimum Gasteiger partial charge on any atom is -0.378 e. The van der Waals surface area contributed by atoms with Gasteiger partial charge in [-0.25, -0.2) is 13.2 Å². The Morgan fingerprint density at radius 2 is 2.00 bits per heavy atom. The molecule has 0 aliphatic heterocycles. The van der Waals surface area contributed by atoms with E-state index in [1.807, 2.05) is 0 Å². The Hall–Kier alpha value is -1.54. The van der Waals surface area contributed by atoms with Crippen LogP contribution in [0.25, 0.3) is 0 Å². The van der Waals surface area contributed by atoms with E-state index in [4.69, 9.17) is 5.26 Å². The van der Waals surface area contributed by atoms with Crippen LogP contribution >= 0.6 is 0 Å². The van der Waals surface area contributed by atoms with Crippen molar-refractivity contribution in [2.75, 3.05) is 0 Å². The summed E-state index contributed by atoms with van der Waals surface area (Å²) >= 11 is 0. The molecule has 1 atom stereocenters. The molecule has 0 saturated heterocycles. The Labute approximate surface area is 84.6 Å². The zero-order valence-electron chi connectivity index (χ0n) is 7.62. The third kappa shape index (κ3) is 2.10. The maximum atomic E-state index is 13.2. The summed E-state index contributed by atoms with van der Waals surface area (Å²) in [6, 6.07) is 6.06. The average Bonchev–Trinajstić information content (AvgIpc) is 2.18. The van der Waals surface area contributed by atoms with E-state index in [0.717, 1.165) is 12.1 Å². The zero-order chi connectivity index (χ0) is 11.5. The molecule has 0 fully saturated rings. The summed E-state index contributed by atoms with van der Waals surface area (Å²) in [6.07, 6.45) is -4.07. The third-order valence-electron chi connectivity index (χ3n) is 2.05. The number of benzene rings is 1. The van der Waals surface area contributed by atoms with Crippen LogP contribution in [0.2, 0.25) is 0 Å². The van der Waals surface area contributed by atoms with E-state index in [9.17, 15) is 18.3 Å². The molecule has 0 amide bonds. The molecule has 2 nitrogen and oxygen atoms in total. The van der Waals surface area contributed by atoms with Crippen LogP contribution in [0.5, 0.6) is 0 Å². The second-order valence-corrected chi connectivity index (χ2v) is 3.04. The molecule has 1 aromatic rings. The number of rotatable bonds is 3. The number of halogens is 3. The van der Waals surface area contributed by atoms with E-state index in [-0.39, 0.29) is 0 Å². The fourth-order valence-electron chi connectivity index (χ4n) is 1.22. The van der Waals surface area contributed by atoms with Crippen molar-refractivity contribution in [3.63, 3.8) is 0 Å². The van der Waals surface area contributed by atoms with Crippen LogP contribution in [0.4, 0.5) is 13.2 Å². The zero-order valence-corrected chi connectivity index (χ0v) is 7.62. The van der Waals surface area contributed by atoms with Crippen molar-refractivity contribution in [1.29, 1.82) is 5.26 Å². The molecular weight excluding hydrogens is 207 g/mol. The van der Waals surface area contributed by atoms with Crippen molar-refractivity contribution < 1.29 is 18.3 Å². The Morgan fingerprint density at radius 3 is 2.47 bits per heavy atom. The summed E-state index contributed by atoms with van der Waals surface area (Å²) in [7, 11) is 0. The minimum atomic E-state index is -3.21. The maximum absolute atomic E-state index is 13.2. The summed E-state index contributed by atoms with van der Waals surface area (Å²) in [5, 5.41) is 17.9. The predicted molar refractivity (Wildman–Crippen MR) is 46.5 cm³/mol. The highest BCUT2D eigenvalue weighted by molar-refractivity contribution is 5.26. The van der Waals surface area contributed by atoms with Crippen LogP contribution in [0, 0.1) is 17.1 Å². The quantitative estimate of drug-likeness (QED) is 0.839. The lowest BCUT2D eigenvalue weighted by Crippen LogP contribution is -2.34. The molecule has 0 saturated carbocycles. The Bertz CT molecular complexity index is 388. The summed E-state index contributed by atoms with van der Waals surface area (Å²) in [5.74, 6) is -0.949. The molecule has 1 rings (SSSR count). The number of alkyl halides is 2. The molecule has 1 unspecified atom stereocenters. The van der Waals surface area contributed by atoms with Crippen molar-refractivity contribution in [3.05, 3.63) is 35.6 Å². The lowest BCUT2D eigenvalue weighted by Gasteiger charge is -2.25. The van der Waals surface area contributed by atoms with Crippen molar-refractivity contribution in [3.8, 4) is 6.07 Å². The Morgan fingerprint density at radius 1 is 1.40 bits per heavy atom. The maximum Gasteiger partial charge on any atom is 0.272 e. The van der Waals surface area contributed by atoms with Crippen molar-refractivity contribution in [2.45, 2.75) is 18.4 Å². The molecule has 80 valence electrons. The number of nitrogens with zero attached hydrogens (tertiary/aromatic N) is 1. The van der Waals surface area contributed by atoms with Gasteiger partial charge >= 0.3 is 0 Å². The summed E-state index contributed by atoms with van der Waals surface area (Å²) in [4.78, 5) is 0. The number of nitriles is 1. The van der Waals surface area contributed by atoms with Crippen molar-refractivity contribution in [1.82, 2.24) is 0 Å². The standard InChI is InChI=1S/C10H8F3NO/c11-8-4-2-1-3-7(8)10(15,5-6-14)9(12)13/h1-4,9,15H,5H2. The average molecular weight is 215 g/mol. The topological polar surface area (TPSA) is 44.0 Å². The van der Waals surface area contributed by atoms with Gasteiger partial charge in [-0.05, 0) is 6.07 Å². The molecule has 0 heterocycles. The first-order valence-corrected chi connectivity index (χ1v) is 4.15. The first-order chi connectivity index (χ1) is 7.02. The van der Waals surface area contributed by atoms with Gasteiger partial charge in [0.15, 0.2) is 5.60 Å². The van der Waals surface area contributed by atoms with E-state index < -0.39 is 29.8 Å². The molecule has 0 bridgehead atoms. The van der Waals surface area contributed by atoms with Gasteiger partial charge in [0, 0.05) is 5.56 Å². The molecule has 0 radical (unpaired) electrons. The summed E-state index contributed by atoms with van der Waals surface area (Å²) < 4.78 is 38.3. The van der Waals surface area contributed by atoms with E-state index in [1.54, 1.807) is 0 Å². The molecule has 1 aromatic carbocycles. The van der Waals surface area contributed by atoms with Gasteiger partial charge in [-0.3, -0.25) is 0 Å². The SMILES string of the molecule is N#CCC(O)(c1ccccc1F)C(F)F. The van der Waals surface area contributed by atoms with E-state index in [0.29, 0.717) is 0 Å². The van der Waals surface area contributed by atoms with E-state index in [2.05, 4.69) is 0 Å². The van der Waals surface area contributed by atoms with Crippen LogP contribution in [-0.4, -0.2) is 11.5 Å². The lowest BCUT2D eigenvalue weighted by molar-refractivity contribution is -0.100. The van der Waals surface area contributed by atoms with Crippen molar-refractivity contribution >= 4 is 0 Å². The number of hydrogen-bond donors (Lipinski definition) is 1. The first-order valence-electron chi connectivity index (χ1n) is 4.15. The molecule has 15 heavy (non-hydrogen) atoms. The fraction of sp³-hybridized carbons (Fsp3) is 0.300. The predicted octanol–water partition coefficient (Wildman–Crippen LogP) is 2.19. The highest BCUT2D eigenvalue weighted by atomic mass is 19.3. The molecule has 5 heteroatoms.